The maximum atomic E-state index is 12.5. The Morgan fingerprint density at radius 2 is 1.70 bits per heavy atom. The monoisotopic (exact) mass is 389 g/mol. The Labute approximate surface area is 159 Å². The van der Waals surface area contributed by atoms with Crippen LogP contribution in [-0.4, -0.2) is 33.3 Å². The zero-order valence-electron chi connectivity index (χ0n) is 15.3. The fourth-order valence-corrected chi connectivity index (χ4v) is 3.33. The molecular weight excluding hydrogens is 366 g/mol. The fourth-order valence-electron chi connectivity index (χ4n) is 2.23. The van der Waals surface area contributed by atoms with E-state index in [-0.39, 0.29) is 22.9 Å². The van der Waals surface area contributed by atoms with Crippen LogP contribution in [0.15, 0.2) is 53.4 Å². The zero-order valence-corrected chi connectivity index (χ0v) is 16.1. The minimum atomic E-state index is -3.83. The third kappa shape index (κ3) is 6.10. The number of carbonyl (C=O) groups is 2. The Bertz CT molecular complexity index is 909. The highest BCUT2D eigenvalue weighted by molar-refractivity contribution is 7.92. The lowest BCUT2D eigenvalue weighted by Gasteiger charge is -2.10. The number of hydrogen-bond acceptors (Lipinski definition) is 4. The molecule has 0 bridgehead atoms. The second-order valence-corrected chi connectivity index (χ2v) is 7.71. The topological polar surface area (TPSA) is 104 Å². The molecule has 8 heteroatoms. The molecule has 0 heterocycles. The van der Waals surface area contributed by atoms with Crippen molar-refractivity contribution in [3.63, 3.8) is 0 Å². The lowest BCUT2D eigenvalue weighted by Crippen LogP contribution is -2.37. The molecule has 7 nitrogen and oxygen atoms in total. The quantitative estimate of drug-likeness (QED) is 0.643. The molecule has 2 amide bonds. The van der Waals surface area contributed by atoms with Crippen LogP contribution in [0.3, 0.4) is 0 Å². The molecule has 0 radical (unpaired) electrons. The van der Waals surface area contributed by atoms with Crippen LogP contribution in [0.1, 0.15) is 29.3 Å². The van der Waals surface area contributed by atoms with Crippen molar-refractivity contribution in [2.24, 2.45) is 0 Å². The van der Waals surface area contributed by atoms with Crippen molar-refractivity contribution in [2.45, 2.75) is 25.2 Å². The van der Waals surface area contributed by atoms with E-state index < -0.39 is 15.9 Å². The van der Waals surface area contributed by atoms with Gasteiger partial charge in [0.15, 0.2) is 0 Å². The van der Waals surface area contributed by atoms with E-state index in [4.69, 9.17) is 0 Å². The first-order chi connectivity index (χ1) is 12.8. The molecule has 0 spiro atoms. The van der Waals surface area contributed by atoms with Crippen molar-refractivity contribution in [3.05, 3.63) is 59.7 Å². The van der Waals surface area contributed by atoms with Gasteiger partial charge in [0.25, 0.3) is 15.9 Å². The van der Waals surface area contributed by atoms with Gasteiger partial charge in [0.2, 0.25) is 5.91 Å². The summed E-state index contributed by atoms with van der Waals surface area (Å²) in [7, 11) is -3.83. The molecule has 0 saturated carbocycles. The van der Waals surface area contributed by atoms with E-state index in [2.05, 4.69) is 15.4 Å². The Balaban J connectivity index is 2.08. The van der Waals surface area contributed by atoms with Crippen LogP contribution in [0.5, 0.6) is 0 Å². The Kier molecular flexibility index (Phi) is 6.95. The van der Waals surface area contributed by atoms with E-state index >= 15 is 0 Å². The molecule has 3 N–H and O–H groups in total. The van der Waals surface area contributed by atoms with Crippen LogP contribution < -0.4 is 15.4 Å². The van der Waals surface area contributed by atoms with Crippen molar-refractivity contribution < 1.29 is 18.0 Å². The summed E-state index contributed by atoms with van der Waals surface area (Å²) in [6, 6.07) is 12.6. The maximum absolute atomic E-state index is 12.5. The van der Waals surface area contributed by atoms with Gasteiger partial charge >= 0.3 is 0 Å². The van der Waals surface area contributed by atoms with Crippen LogP contribution in [0, 0.1) is 6.92 Å². The highest BCUT2D eigenvalue weighted by Crippen LogP contribution is 2.17. The fraction of sp³-hybridized carbons (Fsp3) is 0.263. The number of benzene rings is 2. The van der Waals surface area contributed by atoms with Gasteiger partial charge in [-0.15, -0.1) is 0 Å². The van der Waals surface area contributed by atoms with E-state index in [9.17, 15) is 18.0 Å². The normalized spacial score (nSPS) is 10.9. The van der Waals surface area contributed by atoms with Gasteiger partial charge in [0.1, 0.15) is 0 Å². The summed E-state index contributed by atoms with van der Waals surface area (Å²) < 4.78 is 27.6. The lowest BCUT2D eigenvalue weighted by atomic mass is 10.2. The van der Waals surface area contributed by atoms with Gasteiger partial charge in [-0.05, 0) is 43.7 Å². The Morgan fingerprint density at radius 3 is 2.37 bits per heavy atom. The summed E-state index contributed by atoms with van der Waals surface area (Å²) in [5.74, 6) is -0.816. The van der Waals surface area contributed by atoms with E-state index in [0.717, 1.165) is 12.0 Å². The minimum absolute atomic E-state index is 0.0360. The molecule has 0 aliphatic rings. The number of nitrogens with one attached hydrogen (secondary N) is 3. The molecule has 0 aliphatic heterocycles. The molecule has 27 heavy (non-hydrogen) atoms. The molecule has 0 aliphatic carbocycles. The van der Waals surface area contributed by atoms with E-state index in [1.165, 1.54) is 24.3 Å². The third-order valence-electron chi connectivity index (χ3n) is 3.69. The molecule has 2 rings (SSSR count). The molecule has 0 unspecified atom stereocenters. The van der Waals surface area contributed by atoms with E-state index in [1.54, 1.807) is 24.3 Å². The Morgan fingerprint density at radius 1 is 1.00 bits per heavy atom. The van der Waals surface area contributed by atoms with Gasteiger partial charge in [0.05, 0.1) is 11.4 Å². The highest BCUT2D eigenvalue weighted by atomic mass is 32.2. The number of aryl methyl sites for hydroxylation is 1. The standard InChI is InChI=1S/C19H23N3O4S/c1-3-11-20-18(23)13-21-19(24)15-5-4-6-17(12-15)27(25,26)22-16-9-7-14(2)8-10-16/h4-10,12,22H,3,11,13H2,1-2H3,(H,20,23)(H,21,24). The molecule has 0 saturated heterocycles. The predicted molar refractivity (Wildman–Crippen MR) is 104 cm³/mol. The first kappa shape index (κ1) is 20.4. The zero-order chi connectivity index (χ0) is 19.9. The number of rotatable bonds is 8. The molecule has 2 aromatic carbocycles. The minimum Gasteiger partial charge on any atom is -0.355 e. The Hall–Kier alpha value is -2.87. The molecule has 0 fully saturated rings. The van der Waals surface area contributed by atoms with E-state index in [1.807, 2.05) is 13.8 Å². The molecule has 2 aromatic rings. The van der Waals surface area contributed by atoms with E-state index in [0.29, 0.717) is 12.2 Å². The van der Waals surface area contributed by atoms with Crippen molar-refractivity contribution in [2.75, 3.05) is 17.8 Å². The molecule has 0 aromatic heterocycles. The second kappa shape index (κ2) is 9.18. The van der Waals surface area contributed by atoms with Gasteiger partial charge in [-0.1, -0.05) is 30.7 Å². The lowest BCUT2D eigenvalue weighted by molar-refractivity contribution is -0.120. The SMILES string of the molecule is CCCNC(=O)CNC(=O)c1cccc(S(=O)(=O)Nc2ccc(C)cc2)c1. The number of hydrogen-bond donors (Lipinski definition) is 3. The first-order valence-electron chi connectivity index (χ1n) is 8.56. The first-order valence-corrected chi connectivity index (χ1v) is 10.0. The largest absolute Gasteiger partial charge is 0.355 e. The van der Waals surface area contributed by atoms with Gasteiger partial charge in [-0.2, -0.15) is 0 Å². The highest BCUT2D eigenvalue weighted by Gasteiger charge is 2.17. The van der Waals surface area contributed by atoms with Gasteiger partial charge in [-0.3, -0.25) is 14.3 Å². The summed E-state index contributed by atoms with van der Waals surface area (Å²) >= 11 is 0. The third-order valence-corrected chi connectivity index (χ3v) is 5.07. The number of carbonyl (C=O) groups excluding carboxylic acids is 2. The number of amides is 2. The van der Waals surface area contributed by atoms with Gasteiger partial charge in [-0.25, -0.2) is 8.42 Å². The smallest absolute Gasteiger partial charge is 0.261 e. The molecule has 144 valence electrons. The summed E-state index contributed by atoms with van der Waals surface area (Å²) in [5, 5.41) is 5.12. The molecule has 0 atom stereocenters. The number of anilines is 1. The van der Waals surface area contributed by atoms with Crippen LogP contribution in [0.4, 0.5) is 5.69 Å². The maximum Gasteiger partial charge on any atom is 0.261 e. The molecular formula is C19H23N3O4S. The number of sulfonamides is 1. The summed E-state index contributed by atoms with van der Waals surface area (Å²) in [6.07, 6.45) is 0.799. The van der Waals surface area contributed by atoms with Crippen molar-refractivity contribution in [1.29, 1.82) is 0 Å². The van der Waals surface area contributed by atoms with Crippen molar-refractivity contribution >= 4 is 27.5 Å². The summed E-state index contributed by atoms with van der Waals surface area (Å²) in [5.41, 5.74) is 1.60. The second-order valence-electron chi connectivity index (χ2n) is 6.03. The van der Waals surface area contributed by atoms with Gasteiger partial charge < -0.3 is 10.6 Å². The average molecular weight is 389 g/mol. The van der Waals surface area contributed by atoms with Crippen LogP contribution in [0.25, 0.3) is 0 Å². The predicted octanol–water partition coefficient (Wildman–Crippen LogP) is 2.05. The average Bonchev–Trinajstić information content (AvgIpc) is 2.66. The summed E-state index contributed by atoms with van der Waals surface area (Å²) in [4.78, 5) is 23.7. The summed E-state index contributed by atoms with van der Waals surface area (Å²) in [6.45, 7) is 4.20. The van der Waals surface area contributed by atoms with Crippen molar-refractivity contribution in [3.8, 4) is 0 Å². The van der Waals surface area contributed by atoms with Crippen LogP contribution in [-0.2, 0) is 14.8 Å². The van der Waals surface area contributed by atoms with Crippen LogP contribution >= 0.6 is 0 Å². The van der Waals surface area contributed by atoms with Crippen molar-refractivity contribution in [1.82, 2.24) is 10.6 Å². The van der Waals surface area contributed by atoms with Crippen LogP contribution in [0.2, 0.25) is 0 Å². The van der Waals surface area contributed by atoms with Gasteiger partial charge in [0, 0.05) is 17.8 Å².